The van der Waals surface area contributed by atoms with Crippen molar-refractivity contribution in [3.05, 3.63) is 66.7 Å². The molecule has 2 aromatic carbocycles. The number of ether oxygens (including phenoxy) is 2. The minimum atomic E-state index is -0.195. The second-order valence-electron chi connectivity index (χ2n) is 6.21. The number of hydrogen-bond donors (Lipinski definition) is 3. The largest absolute Gasteiger partial charge is 0.489 e. The van der Waals surface area contributed by atoms with Crippen molar-refractivity contribution in [3.63, 3.8) is 0 Å². The number of anilines is 2. The molecule has 0 aliphatic heterocycles. The average molecular weight is 397 g/mol. The summed E-state index contributed by atoms with van der Waals surface area (Å²) in [5, 5.41) is 8.66. The van der Waals surface area contributed by atoms with E-state index in [1.807, 2.05) is 24.3 Å². The van der Waals surface area contributed by atoms with E-state index in [0.29, 0.717) is 36.8 Å². The molecule has 7 nitrogen and oxygen atoms in total. The van der Waals surface area contributed by atoms with Crippen LogP contribution in [0.15, 0.2) is 61.2 Å². The van der Waals surface area contributed by atoms with Crippen LogP contribution in [0.25, 0.3) is 0 Å². The van der Waals surface area contributed by atoms with Gasteiger partial charge < -0.3 is 25.4 Å². The highest BCUT2D eigenvalue weighted by molar-refractivity contribution is 5.96. The summed E-state index contributed by atoms with van der Waals surface area (Å²) in [7, 11) is 1.63. The fourth-order valence-electron chi connectivity index (χ4n) is 2.46. The molecule has 0 radical (unpaired) electrons. The lowest BCUT2D eigenvalue weighted by Gasteiger charge is -2.10. The summed E-state index contributed by atoms with van der Waals surface area (Å²) in [5.74, 6) is 0.352. The molecule has 0 saturated carbocycles. The molecule has 0 aromatic heterocycles. The van der Waals surface area contributed by atoms with E-state index in [1.54, 1.807) is 37.5 Å². The van der Waals surface area contributed by atoms with Gasteiger partial charge in [0.1, 0.15) is 12.4 Å². The van der Waals surface area contributed by atoms with Gasteiger partial charge in [-0.05, 0) is 42.8 Å². The molecule has 0 fully saturated rings. The summed E-state index contributed by atoms with van der Waals surface area (Å²) >= 11 is 0. The van der Waals surface area contributed by atoms with Crippen molar-refractivity contribution in [1.29, 1.82) is 0 Å². The first-order valence-electron chi connectivity index (χ1n) is 9.37. The summed E-state index contributed by atoms with van der Waals surface area (Å²) in [6.45, 7) is 5.29. The Balaban J connectivity index is 1.79. The zero-order valence-corrected chi connectivity index (χ0v) is 16.6. The Bertz CT molecular complexity index is 806. The summed E-state index contributed by atoms with van der Waals surface area (Å²) in [6, 6.07) is 14.1. The molecule has 3 N–H and O–H groups in total. The van der Waals surface area contributed by atoms with Crippen molar-refractivity contribution in [2.24, 2.45) is 0 Å². The van der Waals surface area contributed by atoms with Crippen molar-refractivity contribution in [3.8, 4) is 5.75 Å². The Morgan fingerprint density at radius 2 is 1.90 bits per heavy atom. The molecule has 0 spiro atoms. The maximum atomic E-state index is 12.2. The van der Waals surface area contributed by atoms with Crippen LogP contribution in [0.1, 0.15) is 16.8 Å². The maximum absolute atomic E-state index is 12.2. The van der Waals surface area contributed by atoms with E-state index in [2.05, 4.69) is 22.5 Å². The Morgan fingerprint density at radius 3 is 2.62 bits per heavy atom. The molecule has 0 bridgehead atoms. The van der Waals surface area contributed by atoms with Crippen molar-refractivity contribution >= 4 is 23.2 Å². The summed E-state index contributed by atoms with van der Waals surface area (Å²) in [5.41, 5.74) is 1.94. The molecule has 2 aromatic rings. The predicted molar refractivity (Wildman–Crippen MR) is 115 cm³/mol. The number of amides is 2. The molecule has 0 saturated heterocycles. The first-order valence-corrected chi connectivity index (χ1v) is 9.37. The molecule has 0 aliphatic carbocycles. The van der Waals surface area contributed by atoms with Crippen LogP contribution in [0.5, 0.6) is 5.75 Å². The van der Waals surface area contributed by atoms with Crippen LogP contribution >= 0.6 is 0 Å². The van der Waals surface area contributed by atoms with Gasteiger partial charge in [0, 0.05) is 43.3 Å². The molecular weight excluding hydrogens is 370 g/mol. The molecule has 2 rings (SSSR count). The maximum Gasteiger partial charge on any atom is 0.251 e. The molecular formula is C22H27N3O4. The smallest absolute Gasteiger partial charge is 0.251 e. The van der Waals surface area contributed by atoms with Crippen LogP contribution in [0.2, 0.25) is 0 Å². The normalized spacial score (nSPS) is 10.1. The Morgan fingerprint density at radius 1 is 1.10 bits per heavy atom. The van der Waals surface area contributed by atoms with E-state index in [9.17, 15) is 9.59 Å². The highest BCUT2D eigenvalue weighted by Crippen LogP contribution is 2.17. The summed E-state index contributed by atoms with van der Waals surface area (Å²) in [6.07, 6.45) is 2.43. The molecule has 0 unspecified atom stereocenters. The number of nitrogens with one attached hydrogen (secondary N) is 3. The van der Waals surface area contributed by atoms with Crippen molar-refractivity contribution in [2.75, 3.05) is 44.0 Å². The van der Waals surface area contributed by atoms with Gasteiger partial charge in [0.25, 0.3) is 5.91 Å². The van der Waals surface area contributed by atoms with E-state index in [0.717, 1.165) is 12.1 Å². The number of hydrogen-bond acceptors (Lipinski definition) is 5. The fourth-order valence-corrected chi connectivity index (χ4v) is 2.46. The van der Waals surface area contributed by atoms with Crippen molar-refractivity contribution in [2.45, 2.75) is 6.42 Å². The third-order valence-corrected chi connectivity index (χ3v) is 3.90. The quantitative estimate of drug-likeness (QED) is 0.378. The molecule has 0 atom stereocenters. The number of carbonyl (C=O) groups excluding carboxylic acids is 2. The molecule has 2 amide bonds. The highest BCUT2D eigenvalue weighted by Gasteiger charge is 2.07. The minimum Gasteiger partial charge on any atom is -0.489 e. The van der Waals surface area contributed by atoms with Crippen molar-refractivity contribution < 1.29 is 19.1 Å². The number of carbonyl (C=O) groups is 2. The zero-order chi connectivity index (χ0) is 20.9. The fraction of sp³-hybridized carbons (Fsp3) is 0.273. The van der Waals surface area contributed by atoms with Crippen LogP contribution in [0.3, 0.4) is 0 Å². The van der Waals surface area contributed by atoms with Crippen LogP contribution in [-0.2, 0) is 9.53 Å². The Labute approximate surface area is 171 Å². The minimum absolute atomic E-state index is 0.104. The summed E-state index contributed by atoms with van der Waals surface area (Å²) < 4.78 is 10.4. The van der Waals surface area contributed by atoms with Crippen LogP contribution in [0, 0.1) is 0 Å². The summed E-state index contributed by atoms with van der Waals surface area (Å²) in [4.78, 5) is 24.2. The van der Waals surface area contributed by atoms with E-state index in [1.165, 1.54) is 0 Å². The van der Waals surface area contributed by atoms with Gasteiger partial charge in [-0.25, -0.2) is 0 Å². The van der Waals surface area contributed by atoms with E-state index in [-0.39, 0.29) is 18.4 Å². The first kappa shape index (κ1) is 22.0. The van der Waals surface area contributed by atoms with Gasteiger partial charge in [-0.1, -0.05) is 18.7 Å². The topological polar surface area (TPSA) is 88.7 Å². The molecule has 7 heteroatoms. The SMILES string of the molecule is C=CCOc1cccc(NCC(=O)Nc2ccc(C(=O)NCCCOC)cc2)c1. The van der Waals surface area contributed by atoms with Gasteiger partial charge in [0.15, 0.2) is 0 Å². The standard InChI is InChI=1S/C22H27N3O4/c1-3-13-29-20-7-4-6-19(15-20)24-16-21(26)25-18-10-8-17(9-11-18)22(27)23-12-5-14-28-2/h3-4,6-11,15,24H,1,5,12-14,16H2,2H3,(H,23,27)(H,25,26). The second-order valence-corrected chi connectivity index (χ2v) is 6.21. The lowest BCUT2D eigenvalue weighted by molar-refractivity contribution is -0.114. The van der Waals surface area contributed by atoms with Crippen LogP contribution in [0.4, 0.5) is 11.4 Å². The third-order valence-electron chi connectivity index (χ3n) is 3.90. The van der Waals surface area contributed by atoms with E-state index in [4.69, 9.17) is 9.47 Å². The van der Waals surface area contributed by atoms with Crippen LogP contribution in [-0.4, -0.2) is 45.2 Å². The molecule has 29 heavy (non-hydrogen) atoms. The Hall–Kier alpha value is -3.32. The molecule has 0 heterocycles. The second kappa shape index (κ2) is 12.2. The number of methoxy groups -OCH3 is 1. The lowest BCUT2D eigenvalue weighted by Crippen LogP contribution is -2.25. The van der Waals surface area contributed by atoms with Gasteiger partial charge in [-0.15, -0.1) is 0 Å². The predicted octanol–water partition coefficient (Wildman–Crippen LogP) is 3.07. The number of rotatable bonds is 12. The van der Waals surface area contributed by atoms with Gasteiger partial charge in [0.2, 0.25) is 5.91 Å². The third kappa shape index (κ3) is 8.06. The molecule has 0 aliphatic rings. The molecule has 154 valence electrons. The van der Waals surface area contributed by atoms with Gasteiger partial charge in [0.05, 0.1) is 6.54 Å². The van der Waals surface area contributed by atoms with Crippen LogP contribution < -0.4 is 20.7 Å². The van der Waals surface area contributed by atoms with E-state index < -0.39 is 0 Å². The Kier molecular flexibility index (Phi) is 9.24. The van der Waals surface area contributed by atoms with Crippen molar-refractivity contribution in [1.82, 2.24) is 5.32 Å². The zero-order valence-electron chi connectivity index (χ0n) is 16.6. The first-order chi connectivity index (χ1) is 14.1. The van der Waals surface area contributed by atoms with Gasteiger partial charge in [-0.2, -0.15) is 0 Å². The average Bonchev–Trinajstić information content (AvgIpc) is 2.74. The lowest BCUT2D eigenvalue weighted by atomic mass is 10.2. The van der Waals surface area contributed by atoms with E-state index >= 15 is 0 Å². The monoisotopic (exact) mass is 397 g/mol. The number of benzene rings is 2. The highest BCUT2D eigenvalue weighted by atomic mass is 16.5. The van der Waals surface area contributed by atoms with Gasteiger partial charge in [-0.3, -0.25) is 9.59 Å². The van der Waals surface area contributed by atoms with Gasteiger partial charge >= 0.3 is 0 Å².